The summed E-state index contributed by atoms with van der Waals surface area (Å²) in [5, 5.41) is 11.7. The highest BCUT2D eigenvalue weighted by atomic mass is 16.5. The molecule has 5 nitrogen and oxygen atoms in total. The van der Waals surface area contributed by atoms with Crippen LogP contribution in [0.15, 0.2) is 6.20 Å². The molecule has 1 saturated heterocycles. The summed E-state index contributed by atoms with van der Waals surface area (Å²) >= 11 is 0. The predicted octanol–water partition coefficient (Wildman–Crippen LogP) is 1.59. The second-order valence-corrected chi connectivity index (χ2v) is 5.60. The summed E-state index contributed by atoms with van der Waals surface area (Å²) in [6, 6.07) is 0. The molecule has 0 amide bonds. The maximum Gasteiger partial charge on any atom is 0.0964 e. The lowest BCUT2D eigenvalue weighted by Gasteiger charge is -2.09. The quantitative estimate of drug-likeness (QED) is 0.835. The zero-order chi connectivity index (χ0) is 13.0. The maximum atomic E-state index is 5.78. The molecule has 5 heteroatoms. The minimum Gasteiger partial charge on any atom is -0.373 e. The molecule has 1 aromatic rings. The molecular formula is C13H24N4O. The molecule has 0 aromatic carbocycles. The summed E-state index contributed by atoms with van der Waals surface area (Å²) in [6.45, 7) is 9.14. The molecule has 0 saturated carbocycles. The Morgan fingerprint density at radius 2 is 2.33 bits per heavy atom. The number of hydrogen-bond acceptors (Lipinski definition) is 4. The molecule has 2 unspecified atom stereocenters. The van der Waals surface area contributed by atoms with Gasteiger partial charge in [-0.1, -0.05) is 19.1 Å². The molecule has 2 atom stereocenters. The van der Waals surface area contributed by atoms with Gasteiger partial charge >= 0.3 is 0 Å². The van der Waals surface area contributed by atoms with Gasteiger partial charge in [-0.15, -0.1) is 5.10 Å². The highest BCUT2D eigenvalue weighted by Gasteiger charge is 2.22. The van der Waals surface area contributed by atoms with Gasteiger partial charge in [0.15, 0.2) is 0 Å². The first-order valence-electron chi connectivity index (χ1n) is 6.88. The smallest absolute Gasteiger partial charge is 0.0964 e. The topological polar surface area (TPSA) is 52.0 Å². The molecule has 1 fully saturated rings. The fraction of sp³-hybridized carbons (Fsp3) is 0.846. The van der Waals surface area contributed by atoms with Gasteiger partial charge in [0.1, 0.15) is 0 Å². The Hall–Kier alpha value is -0.940. The van der Waals surface area contributed by atoms with E-state index in [1.54, 1.807) is 0 Å². The Labute approximate surface area is 109 Å². The van der Waals surface area contributed by atoms with E-state index < -0.39 is 0 Å². The van der Waals surface area contributed by atoms with Crippen molar-refractivity contribution in [1.29, 1.82) is 0 Å². The molecule has 0 spiro atoms. The van der Waals surface area contributed by atoms with Gasteiger partial charge in [-0.3, -0.25) is 0 Å². The highest BCUT2D eigenvalue weighted by molar-refractivity contribution is 4.92. The van der Waals surface area contributed by atoms with Crippen LogP contribution in [0, 0.1) is 5.92 Å². The zero-order valence-corrected chi connectivity index (χ0v) is 11.6. The van der Waals surface area contributed by atoms with Crippen LogP contribution in [0.1, 0.15) is 39.3 Å². The fourth-order valence-electron chi connectivity index (χ4n) is 2.23. The van der Waals surface area contributed by atoms with E-state index in [0.717, 1.165) is 38.2 Å². The molecule has 2 rings (SSSR count). The van der Waals surface area contributed by atoms with Crippen molar-refractivity contribution in [2.24, 2.45) is 5.92 Å². The number of hydrogen-bond donors (Lipinski definition) is 1. The molecule has 0 aliphatic carbocycles. The molecular weight excluding hydrogens is 228 g/mol. The number of nitrogens with one attached hydrogen (secondary N) is 1. The minimum absolute atomic E-state index is 0.304. The van der Waals surface area contributed by atoms with Crippen LogP contribution in [-0.4, -0.2) is 33.7 Å². The first-order chi connectivity index (χ1) is 8.63. The third kappa shape index (κ3) is 4.07. The van der Waals surface area contributed by atoms with Crippen LogP contribution in [0.25, 0.3) is 0 Å². The minimum atomic E-state index is 0.304. The summed E-state index contributed by atoms with van der Waals surface area (Å²) in [4.78, 5) is 0. The number of ether oxygens (including phenoxy) is 1. The molecule has 1 aliphatic rings. The van der Waals surface area contributed by atoms with Crippen molar-refractivity contribution in [2.75, 3.05) is 6.54 Å². The first kappa shape index (κ1) is 13.5. The van der Waals surface area contributed by atoms with E-state index in [2.05, 4.69) is 36.4 Å². The monoisotopic (exact) mass is 252 g/mol. The van der Waals surface area contributed by atoms with Crippen LogP contribution in [0.5, 0.6) is 0 Å². The van der Waals surface area contributed by atoms with Gasteiger partial charge in [-0.2, -0.15) is 0 Å². The van der Waals surface area contributed by atoms with Crippen molar-refractivity contribution in [3.8, 4) is 0 Å². The van der Waals surface area contributed by atoms with E-state index in [1.807, 2.05) is 10.9 Å². The average molecular weight is 252 g/mol. The average Bonchev–Trinajstić information content (AvgIpc) is 2.89. The Morgan fingerprint density at radius 3 is 3.00 bits per heavy atom. The molecule has 1 aliphatic heterocycles. The van der Waals surface area contributed by atoms with Crippen LogP contribution in [-0.2, 0) is 17.8 Å². The lowest BCUT2D eigenvalue weighted by atomic mass is 10.2. The van der Waals surface area contributed by atoms with Gasteiger partial charge in [0, 0.05) is 12.7 Å². The summed E-state index contributed by atoms with van der Waals surface area (Å²) in [5.74, 6) is 0.661. The lowest BCUT2D eigenvalue weighted by molar-refractivity contribution is 0.0434. The third-order valence-electron chi connectivity index (χ3n) is 3.16. The summed E-state index contributed by atoms with van der Waals surface area (Å²) in [7, 11) is 0. The Balaban J connectivity index is 1.75. The van der Waals surface area contributed by atoms with Crippen molar-refractivity contribution >= 4 is 0 Å². The SMILES string of the molecule is CC(C)CNCc1cn(CC2CCC(C)O2)nn1. The van der Waals surface area contributed by atoms with E-state index in [0.29, 0.717) is 18.1 Å². The normalized spacial score (nSPS) is 24.0. The summed E-state index contributed by atoms with van der Waals surface area (Å²) in [5.41, 5.74) is 1.00. The van der Waals surface area contributed by atoms with Crippen molar-refractivity contribution in [3.05, 3.63) is 11.9 Å². The fourth-order valence-corrected chi connectivity index (χ4v) is 2.23. The summed E-state index contributed by atoms with van der Waals surface area (Å²) < 4.78 is 7.68. The van der Waals surface area contributed by atoms with E-state index in [4.69, 9.17) is 4.74 Å². The maximum absolute atomic E-state index is 5.78. The lowest BCUT2D eigenvalue weighted by Crippen LogP contribution is -2.19. The van der Waals surface area contributed by atoms with Crippen LogP contribution < -0.4 is 5.32 Å². The van der Waals surface area contributed by atoms with Crippen LogP contribution >= 0.6 is 0 Å². The zero-order valence-electron chi connectivity index (χ0n) is 11.6. The number of aromatic nitrogens is 3. The number of rotatable bonds is 6. The molecule has 2 heterocycles. The standard InChI is InChI=1S/C13H24N4O/c1-10(2)6-14-7-12-8-17(16-15-12)9-13-5-4-11(3)18-13/h8,10-11,13-14H,4-7,9H2,1-3H3. The van der Waals surface area contributed by atoms with E-state index in [-0.39, 0.29) is 0 Å². The Morgan fingerprint density at radius 1 is 1.50 bits per heavy atom. The molecule has 102 valence electrons. The molecule has 1 N–H and O–H groups in total. The largest absolute Gasteiger partial charge is 0.373 e. The first-order valence-corrected chi connectivity index (χ1v) is 6.88. The van der Waals surface area contributed by atoms with Gasteiger partial charge in [-0.05, 0) is 32.2 Å². The highest BCUT2D eigenvalue weighted by Crippen LogP contribution is 2.20. The van der Waals surface area contributed by atoms with Crippen molar-refractivity contribution in [2.45, 2.75) is 58.9 Å². The molecule has 0 bridgehead atoms. The van der Waals surface area contributed by atoms with Crippen molar-refractivity contribution < 1.29 is 4.74 Å². The van der Waals surface area contributed by atoms with Gasteiger partial charge in [-0.25, -0.2) is 4.68 Å². The van der Waals surface area contributed by atoms with Gasteiger partial charge in [0.05, 0.1) is 24.4 Å². The third-order valence-corrected chi connectivity index (χ3v) is 3.16. The van der Waals surface area contributed by atoms with E-state index in [1.165, 1.54) is 0 Å². The van der Waals surface area contributed by atoms with Gasteiger partial charge < -0.3 is 10.1 Å². The Kier molecular flexibility index (Phi) is 4.72. The molecule has 18 heavy (non-hydrogen) atoms. The van der Waals surface area contributed by atoms with Gasteiger partial charge in [0.25, 0.3) is 0 Å². The number of nitrogens with zero attached hydrogens (tertiary/aromatic N) is 3. The van der Waals surface area contributed by atoms with Crippen molar-refractivity contribution in [3.63, 3.8) is 0 Å². The van der Waals surface area contributed by atoms with Crippen LogP contribution in [0.4, 0.5) is 0 Å². The second-order valence-electron chi connectivity index (χ2n) is 5.60. The second kappa shape index (κ2) is 6.29. The predicted molar refractivity (Wildman–Crippen MR) is 70.1 cm³/mol. The van der Waals surface area contributed by atoms with E-state index >= 15 is 0 Å². The molecule has 0 radical (unpaired) electrons. The summed E-state index contributed by atoms with van der Waals surface area (Å²) in [6.07, 6.45) is 4.99. The molecule has 1 aromatic heterocycles. The van der Waals surface area contributed by atoms with Crippen LogP contribution in [0.3, 0.4) is 0 Å². The van der Waals surface area contributed by atoms with Gasteiger partial charge in [0.2, 0.25) is 0 Å². The Bertz CT molecular complexity index is 364. The van der Waals surface area contributed by atoms with Crippen LogP contribution in [0.2, 0.25) is 0 Å². The van der Waals surface area contributed by atoms with Crippen molar-refractivity contribution in [1.82, 2.24) is 20.3 Å². The van der Waals surface area contributed by atoms with E-state index in [9.17, 15) is 0 Å².